The maximum atomic E-state index is 10.9. The maximum absolute atomic E-state index is 10.9. The van der Waals surface area contributed by atoms with Crippen LogP contribution < -0.4 is 0 Å². The van der Waals surface area contributed by atoms with Crippen molar-refractivity contribution in [2.24, 2.45) is 0 Å². The highest BCUT2D eigenvalue weighted by molar-refractivity contribution is 5.86. The van der Waals surface area contributed by atoms with E-state index in [4.69, 9.17) is 8.83 Å². The SMILES string of the molecule is O=CN(O)CC(c1coc2ccccc12)c1coc2ccccc12. The van der Waals surface area contributed by atoms with Crippen LogP contribution in [0.3, 0.4) is 0 Å². The molecule has 5 heteroatoms. The fraction of sp³-hybridized carbons (Fsp3) is 0.105. The summed E-state index contributed by atoms with van der Waals surface area (Å²) in [5, 5.41) is 12.3. The minimum absolute atomic E-state index is 0.108. The molecule has 0 aliphatic carbocycles. The average Bonchev–Trinajstić information content (AvgIpc) is 3.24. The number of amides is 1. The zero-order valence-corrected chi connectivity index (χ0v) is 12.8. The standard InChI is InChI=1S/C19H15NO4/c21-12-20(22)9-15(16-10-23-18-7-3-1-5-13(16)18)17-11-24-19-8-4-2-6-14(17)19/h1-8,10-12,15,22H,9H2. The Morgan fingerprint density at radius 3 is 1.92 bits per heavy atom. The van der Waals surface area contributed by atoms with Crippen LogP contribution in [0.1, 0.15) is 17.0 Å². The quantitative estimate of drug-likeness (QED) is 0.340. The number of rotatable bonds is 5. The van der Waals surface area contributed by atoms with Gasteiger partial charge in [-0.3, -0.25) is 10.0 Å². The van der Waals surface area contributed by atoms with Crippen LogP contribution in [0.25, 0.3) is 21.9 Å². The molecule has 5 nitrogen and oxygen atoms in total. The fourth-order valence-electron chi connectivity index (χ4n) is 3.13. The lowest BCUT2D eigenvalue weighted by Crippen LogP contribution is -2.24. The van der Waals surface area contributed by atoms with Crippen molar-refractivity contribution < 1.29 is 18.8 Å². The monoisotopic (exact) mass is 321 g/mol. The van der Waals surface area contributed by atoms with Gasteiger partial charge in [0.05, 0.1) is 19.1 Å². The van der Waals surface area contributed by atoms with Crippen molar-refractivity contribution in [3.05, 3.63) is 72.2 Å². The van der Waals surface area contributed by atoms with Gasteiger partial charge in [-0.05, 0) is 12.1 Å². The molecular formula is C19H15NO4. The maximum Gasteiger partial charge on any atom is 0.233 e. The number of hydrogen-bond donors (Lipinski definition) is 1. The second-order valence-electron chi connectivity index (χ2n) is 5.65. The van der Waals surface area contributed by atoms with Crippen LogP contribution >= 0.6 is 0 Å². The number of nitrogens with zero attached hydrogens (tertiary/aromatic N) is 1. The average molecular weight is 321 g/mol. The van der Waals surface area contributed by atoms with Crippen LogP contribution in [-0.2, 0) is 4.79 Å². The summed E-state index contributed by atoms with van der Waals surface area (Å²) < 4.78 is 11.3. The fourth-order valence-corrected chi connectivity index (χ4v) is 3.13. The summed E-state index contributed by atoms with van der Waals surface area (Å²) in [5.41, 5.74) is 3.33. The van der Waals surface area contributed by atoms with Gasteiger partial charge in [-0.15, -0.1) is 0 Å². The van der Waals surface area contributed by atoms with E-state index >= 15 is 0 Å². The molecule has 2 heterocycles. The van der Waals surface area contributed by atoms with Crippen molar-refractivity contribution in [3.63, 3.8) is 0 Å². The van der Waals surface area contributed by atoms with Crippen molar-refractivity contribution in [3.8, 4) is 0 Å². The van der Waals surface area contributed by atoms with Crippen LogP contribution in [0.15, 0.2) is 69.9 Å². The largest absolute Gasteiger partial charge is 0.464 e. The lowest BCUT2D eigenvalue weighted by molar-refractivity contribution is -0.150. The van der Waals surface area contributed by atoms with Gasteiger partial charge in [0.2, 0.25) is 6.41 Å². The summed E-state index contributed by atoms with van der Waals surface area (Å²) in [7, 11) is 0. The Kier molecular flexibility index (Phi) is 3.55. The molecule has 2 aromatic heterocycles. The summed E-state index contributed by atoms with van der Waals surface area (Å²) in [6, 6.07) is 15.4. The zero-order chi connectivity index (χ0) is 16.5. The number of fused-ring (bicyclic) bond motifs is 2. The topological polar surface area (TPSA) is 66.8 Å². The van der Waals surface area contributed by atoms with Crippen LogP contribution in [0.2, 0.25) is 0 Å². The molecule has 2 aromatic carbocycles. The van der Waals surface area contributed by atoms with Crippen LogP contribution in [0.4, 0.5) is 0 Å². The van der Waals surface area contributed by atoms with E-state index in [9.17, 15) is 10.0 Å². The first-order chi connectivity index (χ1) is 11.8. The third kappa shape index (κ3) is 2.35. The summed E-state index contributed by atoms with van der Waals surface area (Å²) >= 11 is 0. The van der Waals surface area contributed by atoms with Gasteiger partial charge in [0.15, 0.2) is 0 Å². The molecule has 0 atom stereocenters. The van der Waals surface area contributed by atoms with Gasteiger partial charge >= 0.3 is 0 Å². The lowest BCUT2D eigenvalue weighted by Gasteiger charge is -2.18. The van der Waals surface area contributed by atoms with E-state index < -0.39 is 0 Å². The van der Waals surface area contributed by atoms with E-state index in [0.717, 1.165) is 33.1 Å². The number of benzene rings is 2. The van der Waals surface area contributed by atoms with Crippen molar-refractivity contribution in [2.45, 2.75) is 5.92 Å². The number of hydrogen-bond acceptors (Lipinski definition) is 4. The van der Waals surface area contributed by atoms with Crippen LogP contribution in [0, 0.1) is 0 Å². The molecule has 0 aliphatic rings. The predicted molar refractivity (Wildman–Crippen MR) is 88.8 cm³/mol. The van der Waals surface area contributed by atoms with E-state index in [2.05, 4.69) is 0 Å². The highest BCUT2D eigenvalue weighted by Gasteiger charge is 2.24. The number of carbonyl (C=O) groups excluding carboxylic acids is 1. The molecule has 0 aliphatic heterocycles. The first kappa shape index (κ1) is 14.5. The second kappa shape index (κ2) is 5.86. The number of furan rings is 2. The Labute approximate surface area is 137 Å². The van der Waals surface area contributed by atoms with Gasteiger partial charge in [-0.2, -0.15) is 0 Å². The van der Waals surface area contributed by atoms with E-state index in [1.54, 1.807) is 12.5 Å². The zero-order valence-electron chi connectivity index (χ0n) is 12.8. The Balaban J connectivity index is 1.90. The first-order valence-corrected chi connectivity index (χ1v) is 7.61. The van der Waals surface area contributed by atoms with Crippen LogP contribution in [0.5, 0.6) is 0 Å². The Morgan fingerprint density at radius 1 is 0.917 bits per heavy atom. The highest BCUT2D eigenvalue weighted by Crippen LogP contribution is 2.36. The van der Waals surface area contributed by atoms with Crippen molar-refractivity contribution in [1.82, 2.24) is 5.06 Å². The summed E-state index contributed by atoms with van der Waals surface area (Å²) in [5.74, 6) is -0.271. The summed E-state index contributed by atoms with van der Waals surface area (Å²) in [4.78, 5) is 10.9. The van der Waals surface area contributed by atoms with Gasteiger partial charge in [0.1, 0.15) is 11.2 Å². The van der Waals surface area contributed by atoms with E-state index in [0.29, 0.717) is 11.5 Å². The predicted octanol–water partition coefficient (Wildman–Crippen LogP) is 4.16. The van der Waals surface area contributed by atoms with Gasteiger partial charge in [0.25, 0.3) is 0 Å². The molecule has 0 bridgehead atoms. The van der Waals surface area contributed by atoms with Crippen LogP contribution in [-0.4, -0.2) is 23.2 Å². The number of para-hydroxylation sites is 2. The minimum Gasteiger partial charge on any atom is -0.464 e. The smallest absolute Gasteiger partial charge is 0.233 e. The molecule has 1 amide bonds. The van der Waals surface area contributed by atoms with Gasteiger partial charge < -0.3 is 8.83 Å². The van der Waals surface area contributed by atoms with Gasteiger partial charge in [0, 0.05) is 27.8 Å². The van der Waals surface area contributed by atoms with Gasteiger partial charge in [-0.25, -0.2) is 5.06 Å². The second-order valence-corrected chi connectivity index (χ2v) is 5.65. The molecule has 0 radical (unpaired) electrons. The van der Waals surface area contributed by atoms with E-state index in [-0.39, 0.29) is 12.5 Å². The molecule has 4 rings (SSSR count). The molecule has 0 saturated heterocycles. The van der Waals surface area contributed by atoms with Crippen molar-refractivity contribution in [1.29, 1.82) is 0 Å². The number of carbonyl (C=O) groups is 1. The Bertz CT molecular complexity index is 927. The van der Waals surface area contributed by atoms with Crippen molar-refractivity contribution in [2.75, 3.05) is 6.54 Å². The van der Waals surface area contributed by atoms with Crippen molar-refractivity contribution >= 4 is 28.3 Å². The molecule has 120 valence electrons. The minimum atomic E-state index is -0.271. The number of hydroxylamine groups is 2. The molecule has 1 N–H and O–H groups in total. The van der Waals surface area contributed by atoms with E-state index in [1.165, 1.54) is 0 Å². The molecule has 4 aromatic rings. The third-order valence-corrected chi connectivity index (χ3v) is 4.26. The van der Waals surface area contributed by atoms with Gasteiger partial charge in [-0.1, -0.05) is 36.4 Å². The molecule has 0 unspecified atom stereocenters. The Hall–Kier alpha value is -3.05. The normalized spacial score (nSPS) is 11.4. The molecule has 0 fully saturated rings. The molecule has 0 spiro atoms. The highest BCUT2D eigenvalue weighted by atomic mass is 16.5. The molecule has 24 heavy (non-hydrogen) atoms. The summed E-state index contributed by atoms with van der Waals surface area (Å²) in [6.45, 7) is 0.108. The lowest BCUT2D eigenvalue weighted by atomic mass is 9.90. The summed E-state index contributed by atoms with van der Waals surface area (Å²) in [6.07, 6.45) is 3.75. The molecule has 0 saturated carbocycles. The first-order valence-electron chi connectivity index (χ1n) is 7.61. The third-order valence-electron chi connectivity index (χ3n) is 4.26. The van der Waals surface area contributed by atoms with E-state index in [1.807, 2.05) is 48.5 Å². The molecular weight excluding hydrogens is 306 g/mol. The Morgan fingerprint density at radius 2 is 1.42 bits per heavy atom.